The quantitative estimate of drug-likeness (QED) is 0.589. The molecule has 3 heterocycles. The third-order valence-electron chi connectivity index (χ3n) is 3.05. The van der Waals surface area contributed by atoms with Crippen molar-refractivity contribution in [2.75, 3.05) is 45.9 Å². The van der Waals surface area contributed by atoms with Crippen LogP contribution in [-0.2, 0) is 4.74 Å². The minimum atomic E-state index is 0.675. The summed E-state index contributed by atoms with van der Waals surface area (Å²) < 4.78 is 5.61. The fourth-order valence-corrected chi connectivity index (χ4v) is 2.25. The minimum absolute atomic E-state index is 0.675. The molecule has 0 N–H and O–H groups in total. The van der Waals surface area contributed by atoms with Gasteiger partial charge in [-0.15, -0.1) is 0 Å². The van der Waals surface area contributed by atoms with Gasteiger partial charge >= 0.3 is 0 Å². The first-order valence-corrected chi connectivity index (χ1v) is 5.44. The smallest absolute Gasteiger partial charge is 0.0634 e. The number of fused-ring (bicyclic) bond motifs is 3. The molecule has 3 rings (SSSR count). The molecule has 0 spiro atoms. The average Bonchev–Trinajstić information content (AvgIpc) is 2.20. The van der Waals surface area contributed by atoms with Crippen molar-refractivity contribution in [2.24, 2.45) is 0 Å². The third-order valence-corrected chi connectivity index (χ3v) is 3.05. The van der Waals surface area contributed by atoms with Crippen LogP contribution in [-0.4, -0.2) is 61.8 Å². The number of hydrogen-bond donors (Lipinski definition) is 0. The maximum absolute atomic E-state index is 5.61. The van der Waals surface area contributed by atoms with E-state index < -0.39 is 0 Å². The molecule has 1 unspecified atom stereocenters. The molecule has 76 valence electrons. The van der Waals surface area contributed by atoms with Crippen molar-refractivity contribution >= 4 is 0 Å². The van der Waals surface area contributed by atoms with E-state index >= 15 is 0 Å². The molecular formula is C10H20N2O. The van der Waals surface area contributed by atoms with Crippen molar-refractivity contribution in [1.29, 1.82) is 0 Å². The largest absolute Gasteiger partial charge is 0.380 e. The van der Waals surface area contributed by atoms with Gasteiger partial charge in [0.1, 0.15) is 0 Å². The SMILES string of the molecule is CCCOCC1CN2CCN1CC2. The molecule has 0 aliphatic carbocycles. The number of piperazine rings is 3. The molecule has 0 aromatic carbocycles. The Balaban J connectivity index is 1.74. The van der Waals surface area contributed by atoms with Crippen molar-refractivity contribution in [2.45, 2.75) is 19.4 Å². The molecule has 3 heteroatoms. The Morgan fingerprint density at radius 2 is 2.00 bits per heavy atom. The van der Waals surface area contributed by atoms with Crippen molar-refractivity contribution in [3.63, 3.8) is 0 Å². The Morgan fingerprint density at radius 3 is 2.54 bits per heavy atom. The van der Waals surface area contributed by atoms with E-state index in [0.29, 0.717) is 6.04 Å². The molecule has 2 bridgehead atoms. The predicted molar refractivity (Wildman–Crippen MR) is 52.9 cm³/mol. The van der Waals surface area contributed by atoms with E-state index in [-0.39, 0.29) is 0 Å². The van der Waals surface area contributed by atoms with Crippen LogP contribution in [0.25, 0.3) is 0 Å². The van der Waals surface area contributed by atoms with E-state index in [1.165, 1.54) is 32.7 Å². The Labute approximate surface area is 80.6 Å². The maximum Gasteiger partial charge on any atom is 0.0634 e. The molecule has 3 aliphatic rings. The highest BCUT2D eigenvalue weighted by atomic mass is 16.5. The standard InChI is InChI=1S/C10H20N2O/c1-2-7-13-9-10-8-11-3-5-12(10)6-4-11/h10H,2-9H2,1H3. The highest BCUT2D eigenvalue weighted by molar-refractivity contribution is 4.87. The van der Waals surface area contributed by atoms with Crippen LogP contribution in [0.15, 0.2) is 0 Å². The lowest BCUT2D eigenvalue weighted by Crippen LogP contribution is -2.62. The van der Waals surface area contributed by atoms with Gasteiger partial charge < -0.3 is 4.74 Å². The minimum Gasteiger partial charge on any atom is -0.380 e. The van der Waals surface area contributed by atoms with E-state index in [4.69, 9.17) is 4.74 Å². The first-order chi connectivity index (χ1) is 6.40. The van der Waals surface area contributed by atoms with Gasteiger partial charge in [-0.3, -0.25) is 9.80 Å². The van der Waals surface area contributed by atoms with Gasteiger partial charge in [-0.25, -0.2) is 0 Å². The average molecular weight is 184 g/mol. The van der Waals surface area contributed by atoms with Crippen LogP contribution in [0, 0.1) is 0 Å². The summed E-state index contributed by atoms with van der Waals surface area (Å²) in [4.78, 5) is 5.13. The fourth-order valence-electron chi connectivity index (χ4n) is 2.25. The Kier molecular flexibility index (Phi) is 3.19. The zero-order valence-electron chi connectivity index (χ0n) is 8.54. The molecule has 13 heavy (non-hydrogen) atoms. The van der Waals surface area contributed by atoms with Crippen molar-refractivity contribution < 1.29 is 4.74 Å². The van der Waals surface area contributed by atoms with Gasteiger partial charge in [-0.2, -0.15) is 0 Å². The first-order valence-electron chi connectivity index (χ1n) is 5.44. The molecule has 1 atom stereocenters. The number of ether oxygens (including phenoxy) is 1. The number of hydrogen-bond acceptors (Lipinski definition) is 3. The molecule has 3 fully saturated rings. The van der Waals surface area contributed by atoms with Gasteiger partial charge in [0.2, 0.25) is 0 Å². The second-order valence-corrected chi connectivity index (χ2v) is 4.07. The summed E-state index contributed by atoms with van der Waals surface area (Å²) in [5, 5.41) is 0. The molecule has 0 aromatic rings. The molecule has 3 aliphatic heterocycles. The topological polar surface area (TPSA) is 15.7 Å². The molecule has 0 aromatic heterocycles. The highest BCUT2D eigenvalue weighted by Gasteiger charge is 2.31. The molecule has 0 amide bonds. The van der Waals surface area contributed by atoms with Crippen LogP contribution in [0.4, 0.5) is 0 Å². The second-order valence-electron chi connectivity index (χ2n) is 4.07. The van der Waals surface area contributed by atoms with E-state index in [2.05, 4.69) is 16.7 Å². The van der Waals surface area contributed by atoms with Crippen LogP contribution in [0.5, 0.6) is 0 Å². The van der Waals surface area contributed by atoms with E-state index in [0.717, 1.165) is 19.6 Å². The Morgan fingerprint density at radius 1 is 1.23 bits per heavy atom. The highest BCUT2D eigenvalue weighted by Crippen LogP contribution is 2.15. The third kappa shape index (κ3) is 2.22. The number of rotatable bonds is 4. The Hall–Kier alpha value is -0.120. The van der Waals surface area contributed by atoms with Crippen LogP contribution < -0.4 is 0 Å². The molecular weight excluding hydrogens is 164 g/mol. The monoisotopic (exact) mass is 184 g/mol. The van der Waals surface area contributed by atoms with Crippen molar-refractivity contribution in [3.8, 4) is 0 Å². The summed E-state index contributed by atoms with van der Waals surface area (Å²) in [6.07, 6.45) is 1.14. The van der Waals surface area contributed by atoms with Crippen LogP contribution >= 0.6 is 0 Å². The molecule has 3 nitrogen and oxygen atoms in total. The molecule has 0 saturated carbocycles. The van der Waals surface area contributed by atoms with Gasteiger partial charge in [-0.1, -0.05) is 6.92 Å². The fraction of sp³-hybridized carbons (Fsp3) is 1.00. The second kappa shape index (κ2) is 4.40. The first kappa shape index (κ1) is 9.44. The molecule has 3 saturated heterocycles. The summed E-state index contributed by atoms with van der Waals surface area (Å²) in [5.41, 5.74) is 0. The summed E-state index contributed by atoms with van der Waals surface area (Å²) >= 11 is 0. The van der Waals surface area contributed by atoms with Gasteiger partial charge in [0.25, 0.3) is 0 Å². The summed E-state index contributed by atoms with van der Waals surface area (Å²) in [7, 11) is 0. The van der Waals surface area contributed by atoms with Crippen molar-refractivity contribution in [1.82, 2.24) is 9.80 Å². The summed E-state index contributed by atoms with van der Waals surface area (Å²) in [5.74, 6) is 0. The van der Waals surface area contributed by atoms with Crippen LogP contribution in [0.2, 0.25) is 0 Å². The lowest BCUT2D eigenvalue weighted by molar-refractivity contribution is -0.0293. The predicted octanol–water partition coefficient (Wildman–Crippen LogP) is 0.413. The number of nitrogens with zero attached hydrogens (tertiary/aromatic N) is 2. The maximum atomic E-state index is 5.61. The lowest BCUT2D eigenvalue weighted by Gasteiger charge is -2.47. The summed E-state index contributed by atoms with van der Waals surface area (Å²) in [6.45, 7) is 10.3. The molecule has 0 radical (unpaired) electrons. The van der Waals surface area contributed by atoms with E-state index in [9.17, 15) is 0 Å². The van der Waals surface area contributed by atoms with Gasteiger partial charge in [0.15, 0.2) is 0 Å². The van der Waals surface area contributed by atoms with Gasteiger partial charge in [-0.05, 0) is 6.42 Å². The van der Waals surface area contributed by atoms with Crippen LogP contribution in [0.1, 0.15) is 13.3 Å². The van der Waals surface area contributed by atoms with Crippen LogP contribution in [0.3, 0.4) is 0 Å². The van der Waals surface area contributed by atoms with Gasteiger partial charge in [0, 0.05) is 45.4 Å². The lowest BCUT2D eigenvalue weighted by atomic mass is 10.1. The Bertz CT molecular complexity index is 155. The summed E-state index contributed by atoms with van der Waals surface area (Å²) in [6, 6.07) is 0.675. The van der Waals surface area contributed by atoms with E-state index in [1.54, 1.807) is 0 Å². The van der Waals surface area contributed by atoms with Gasteiger partial charge in [0.05, 0.1) is 6.61 Å². The van der Waals surface area contributed by atoms with E-state index in [1.807, 2.05) is 0 Å². The van der Waals surface area contributed by atoms with Crippen molar-refractivity contribution in [3.05, 3.63) is 0 Å². The zero-order chi connectivity index (χ0) is 9.10. The normalized spacial score (nSPS) is 38.1. The zero-order valence-corrected chi connectivity index (χ0v) is 8.54.